The molecule has 0 spiro atoms. The molecule has 3 aromatic rings. The normalized spacial score (nSPS) is 15.4. The number of carbonyl (C=O) groups is 1. The second kappa shape index (κ2) is 10.5. The first-order valence-electron chi connectivity index (χ1n) is 11.1. The van der Waals surface area contributed by atoms with E-state index >= 15 is 0 Å². The number of nitrogens with zero attached hydrogens (tertiary/aromatic N) is 2. The van der Waals surface area contributed by atoms with Crippen LogP contribution in [0.3, 0.4) is 0 Å². The molecule has 32 heavy (non-hydrogen) atoms. The fraction of sp³-hybridized carbons (Fsp3) is 0.400. The zero-order valence-electron chi connectivity index (χ0n) is 18.8. The zero-order chi connectivity index (χ0) is 22.3. The zero-order valence-corrected chi connectivity index (χ0v) is 18.8. The summed E-state index contributed by atoms with van der Waals surface area (Å²) in [6.45, 7) is 7.39. The van der Waals surface area contributed by atoms with Gasteiger partial charge >= 0.3 is 6.03 Å². The van der Waals surface area contributed by atoms with E-state index in [9.17, 15) is 4.79 Å². The van der Waals surface area contributed by atoms with Crippen LogP contribution in [0.4, 0.5) is 4.79 Å². The molecule has 0 bridgehead atoms. The molecule has 1 unspecified atom stereocenters. The van der Waals surface area contributed by atoms with E-state index in [0.717, 1.165) is 60.9 Å². The molecule has 7 heteroatoms. The van der Waals surface area contributed by atoms with Gasteiger partial charge in [0.1, 0.15) is 23.7 Å². The van der Waals surface area contributed by atoms with E-state index in [-0.39, 0.29) is 12.1 Å². The number of hydrogen-bond donors (Lipinski definition) is 1. The lowest BCUT2D eigenvalue weighted by molar-refractivity contribution is 0.0322. The van der Waals surface area contributed by atoms with Gasteiger partial charge in [-0.2, -0.15) is 0 Å². The molecule has 1 aliphatic rings. The van der Waals surface area contributed by atoms with Crippen LogP contribution >= 0.6 is 0 Å². The Bertz CT molecular complexity index is 996. The van der Waals surface area contributed by atoms with Crippen LogP contribution < -0.4 is 10.1 Å². The van der Waals surface area contributed by atoms with Gasteiger partial charge in [0.2, 0.25) is 0 Å². The van der Waals surface area contributed by atoms with E-state index in [0.29, 0.717) is 13.2 Å². The summed E-state index contributed by atoms with van der Waals surface area (Å²) < 4.78 is 17.2. The molecule has 1 saturated heterocycles. The summed E-state index contributed by atoms with van der Waals surface area (Å²) in [5.74, 6) is 1.58. The van der Waals surface area contributed by atoms with Crippen molar-refractivity contribution < 1.29 is 18.7 Å². The maximum atomic E-state index is 12.7. The highest BCUT2D eigenvalue weighted by Crippen LogP contribution is 2.26. The molecule has 1 fully saturated rings. The quantitative estimate of drug-likeness (QED) is 0.576. The monoisotopic (exact) mass is 437 g/mol. The van der Waals surface area contributed by atoms with Gasteiger partial charge in [-0.1, -0.05) is 30.3 Å². The van der Waals surface area contributed by atoms with Gasteiger partial charge in [0, 0.05) is 38.6 Å². The van der Waals surface area contributed by atoms with E-state index in [1.54, 1.807) is 11.9 Å². The average molecular weight is 438 g/mol. The lowest BCUT2D eigenvalue weighted by atomic mass is 10.2. The summed E-state index contributed by atoms with van der Waals surface area (Å²) in [7, 11) is 1.78. The molecular formula is C25H31N3O4. The largest absolute Gasteiger partial charge is 0.492 e. The summed E-state index contributed by atoms with van der Waals surface area (Å²) in [5.41, 5.74) is 1.82. The second-order valence-electron chi connectivity index (χ2n) is 8.08. The predicted molar refractivity (Wildman–Crippen MR) is 124 cm³/mol. The van der Waals surface area contributed by atoms with Gasteiger partial charge in [0.15, 0.2) is 0 Å². The number of para-hydroxylation sites is 1. The summed E-state index contributed by atoms with van der Waals surface area (Å²) in [6, 6.07) is 17.4. The minimum Gasteiger partial charge on any atom is -0.492 e. The fourth-order valence-electron chi connectivity index (χ4n) is 3.74. The van der Waals surface area contributed by atoms with Gasteiger partial charge < -0.3 is 24.1 Å². The van der Waals surface area contributed by atoms with Crippen molar-refractivity contribution in [2.45, 2.75) is 19.5 Å². The van der Waals surface area contributed by atoms with Crippen LogP contribution in [0.15, 0.2) is 59.0 Å². The molecule has 1 atom stereocenters. The highest BCUT2D eigenvalue weighted by Gasteiger charge is 2.20. The number of rotatable bonds is 8. The minimum atomic E-state index is -0.183. The maximum Gasteiger partial charge on any atom is 0.318 e. The van der Waals surface area contributed by atoms with E-state index in [1.165, 1.54) is 0 Å². The van der Waals surface area contributed by atoms with Crippen molar-refractivity contribution in [3.05, 3.63) is 65.9 Å². The Hall–Kier alpha value is -3.03. The minimum absolute atomic E-state index is 0.156. The highest BCUT2D eigenvalue weighted by molar-refractivity contribution is 5.78. The third kappa shape index (κ3) is 5.60. The van der Waals surface area contributed by atoms with Crippen LogP contribution in [0.2, 0.25) is 0 Å². The average Bonchev–Trinajstić information content (AvgIpc) is 3.27. The number of morpholine rings is 1. The molecular weight excluding hydrogens is 406 g/mol. The molecule has 2 aromatic carbocycles. The van der Waals surface area contributed by atoms with Crippen LogP contribution in [0.1, 0.15) is 24.3 Å². The SMILES string of the molecule is CC(c1cc2ccccc2o1)N(C)C(=O)NCc1cccc(OCCN2CCOCC2)c1. The summed E-state index contributed by atoms with van der Waals surface area (Å²) in [4.78, 5) is 16.7. The topological polar surface area (TPSA) is 67.2 Å². The van der Waals surface area contributed by atoms with Crippen molar-refractivity contribution in [1.29, 1.82) is 0 Å². The molecule has 4 rings (SSSR count). The van der Waals surface area contributed by atoms with Crippen LogP contribution in [0.25, 0.3) is 11.0 Å². The number of hydrogen-bond acceptors (Lipinski definition) is 5. The second-order valence-corrected chi connectivity index (χ2v) is 8.08. The molecule has 1 N–H and O–H groups in total. The van der Waals surface area contributed by atoms with Crippen molar-refractivity contribution in [1.82, 2.24) is 15.1 Å². The first kappa shape index (κ1) is 22.2. The molecule has 2 amide bonds. The Labute approximate surface area is 188 Å². The molecule has 7 nitrogen and oxygen atoms in total. The number of furan rings is 1. The van der Waals surface area contributed by atoms with Crippen molar-refractivity contribution >= 4 is 17.0 Å². The van der Waals surface area contributed by atoms with Crippen molar-refractivity contribution in [3.8, 4) is 5.75 Å². The Morgan fingerprint density at radius 2 is 1.97 bits per heavy atom. The molecule has 1 aromatic heterocycles. The molecule has 0 aliphatic carbocycles. The third-order valence-corrected chi connectivity index (χ3v) is 5.88. The van der Waals surface area contributed by atoms with E-state index in [4.69, 9.17) is 13.9 Å². The third-order valence-electron chi connectivity index (χ3n) is 5.88. The Morgan fingerprint density at radius 1 is 1.16 bits per heavy atom. The number of carbonyl (C=O) groups excluding carboxylic acids is 1. The molecule has 2 heterocycles. The van der Waals surface area contributed by atoms with Crippen LogP contribution in [-0.4, -0.2) is 62.3 Å². The van der Waals surface area contributed by atoms with Crippen molar-refractivity contribution in [3.63, 3.8) is 0 Å². The van der Waals surface area contributed by atoms with Gasteiger partial charge in [-0.3, -0.25) is 4.90 Å². The lowest BCUT2D eigenvalue weighted by Gasteiger charge is -2.26. The molecule has 170 valence electrons. The first-order chi connectivity index (χ1) is 15.6. The van der Waals surface area contributed by atoms with Gasteiger partial charge in [0.05, 0.1) is 19.3 Å². The number of fused-ring (bicyclic) bond motifs is 1. The number of nitrogens with one attached hydrogen (secondary N) is 1. The Balaban J connectivity index is 1.26. The molecule has 0 saturated carbocycles. The Morgan fingerprint density at radius 3 is 2.78 bits per heavy atom. The van der Waals surface area contributed by atoms with E-state index < -0.39 is 0 Å². The number of amides is 2. The van der Waals surface area contributed by atoms with E-state index in [1.807, 2.05) is 61.5 Å². The van der Waals surface area contributed by atoms with E-state index in [2.05, 4.69) is 10.2 Å². The van der Waals surface area contributed by atoms with Crippen molar-refractivity contribution in [2.75, 3.05) is 46.5 Å². The van der Waals surface area contributed by atoms with Gasteiger partial charge in [-0.05, 0) is 36.8 Å². The predicted octanol–water partition coefficient (Wildman–Crippen LogP) is 4.05. The molecule has 1 aliphatic heterocycles. The summed E-state index contributed by atoms with van der Waals surface area (Å²) in [5, 5.41) is 4.02. The number of urea groups is 1. The smallest absolute Gasteiger partial charge is 0.318 e. The number of benzene rings is 2. The highest BCUT2D eigenvalue weighted by atomic mass is 16.5. The number of ether oxygens (including phenoxy) is 2. The summed E-state index contributed by atoms with van der Waals surface area (Å²) in [6.07, 6.45) is 0. The molecule has 0 radical (unpaired) electrons. The van der Waals surface area contributed by atoms with Crippen molar-refractivity contribution in [2.24, 2.45) is 0 Å². The van der Waals surface area contributed by atoms with Gasteiger partial charge in [-0.25, -0.2) is 4.79 Å². The van der Waals surface area contributed by atoms with Crippen LogP contribution in [0.5, 0.6) is 5.75 Å². The maximum absolute atomic E-state index is 12.7. The van der Waals surface area contributed by atoms with Gasteiger partial charge in [-0.15, -0.1) is 0 Å². The Kier molecular flexibility index (Phi) is 7.29. The van der Waals surface area contributed by atoms with Crippen LogP contribution in [-0.2, 0) is 11.3 Å². The van der Waals surface area contributed by atoms with Crippen LogP contribution in [0, 0.1) is 0 Å². The standard InChI is InChI=1S/C25H31N3O4/c1-19(24-17-21-7-3-4-9-23(21)32-24)27(2)25(29)26-18-20-6-5-8-22(16-20)31-15-12-28-10-13-30-14-11-28/h3-9,16-17,19H,10-15,18H2,1-2H3,(H,26,29). The van der Waals surface area contributed by atoms with Gasteiger partial charge in [0.25, 0.3) is 0 Å². The summed E-state index contributed by atoms with van der Waals surface area (Å²) >= 11 is 0. The first-order valence-corrected chi connectivity index (χ1v) is 11.1. The fourth-order valence-corrected chi connectivity index (χ4v) is 3.74. The lowest BCUT2D eigenvalue weighted by Crippen LogP contribution is -2.38.